The highest BCUT2D eigenvalue weighted by molar-refractivity contribution is 5.23. The van der Waals surface area contributed by atoms with E-state index in [1.807, 2.05) is 18.2 Å². The van der Waals surface area contributed by atoms with E-state index in [0.29, 0.717) is 6.54 Å². The van der Waals surface area contributed by atoms with Gasteiger partial charge in [-0.15, -0.1) is 0 Å². The molecule has 1 atom stereocenters. The predicted octanol–water partition coefficient (Wildman–Crippen LogP) is 3.11. The van der Waals surface area contributed by atoms with Crippen molar-refractivity contribution in [2.45, 2.75) is 12.6 Å². The quantitative estimate of drug-likeness (QED) is 0.933. The van der Waals surface area contributed by atoms with Gasteiger partial charge in [0.05, 0.1) is 0 Å². The molecule has 1 aliphatic heterocycles. The molecule has 1 fully saturated rings. The second-order valence-corrected chi connectivity index (χ2v) is 5.30. The van der Waals surface area contributed by atoms with Crippen molar-refractivity contribution in [3.63, 3.8) is 0 Å². The maximum Gasteiger partial charge on any atom is 0.130 e. The summed E-state index contributed by atoms with van der Waals surface area (Å²) in [6, 6.07) is 14.2. The molecule has 0 aliphatic carbocycles. The van der Waals surface area contributed by atoms with Crippen LogP contribution < -0.4 is 5.32 Å². The topological polar surface area (TPSA) is 15.3 Å². The molecule has 2 aromatic rings. The van der Waals surface area contributed by atoms with Crippen LogP contribution in [-0.2, 0) is 6.54 Å². The lowest BCUT2D eigenvalue weighted by molar-refractivity contribution is 0.150. The molecule has 3 rings (SSSR count). The van der Waals surface area contributed by atoms with E-state index in [9.17, 15) is 8.78 Å². The first-order valence-corrected chi connectivity index (χ1v) is 7.18. The Balaban J connectivity index is 1.85. The Labute approximate surface area is 123 Å². The highest BCUT2D eigenvalue weighted by atomic mass is 19.1. The smallest absolute Gasteiger partial charge is 0.130 e. The minimum Gasteiger partial charge on any atom is -0.314 e. The summed E-state index contributed by atoms with van der Waals surface area (Å²) in [6.07, 6.45) is 0. The van der Waals surface area contributed by atoms with Gasteiger partial charge in [-0.1, -0.05) is 36.4 Å². The Hall–Kier alpha value is -1.78. The summed E-state index contributed by atoms with van der Waals surface area (Å²) in [5.41, 5.74) is 1.32. The van der Waals surface area contributed by atoms with Gasteiger partial charge in [-0.25, -0.2) is 8.78 Å². The van der Waals surface area contributed by atoms with E-state index in [1.165, 1.54) is 23.8 Å². The maximum atomic E-state index is 13.9. The molecular formula is C17H18F2N2. The van der Waals surface area contributed by atoms with E-state index < -0.39 is 11.6 Å². The van der Waals surface area contributed by atoms with Crippen molar-refractivity contribution in [2.75, 3.05) is 19.6 Å². The molecule has 21 heavy (non-hydrogen) atoms. The lowest BCUT2D eigenvalue weighted by atomic mass is 10.0. The van der Waals surface area contributed by atoms with Gasteiger partial charge in [0, 0.05) is 37.8 Å². The van der Waals surface area contributed by atoms with Crippen LogP contribution >= 0.6 is 0 Å². The van der Waals surface area contributed by atoms with Gasteiger partial charge in [0.1, 0.15) is 11.6 Å². The summed E-state index contributed by atoms with van der Waals surface area (Å²) in [5.74, 6) is -0.944. The van der Waals surface area contributed by atoms with E-state index in [1.54, 1.807) is 0 Å². The number of rotatable bonds is 3. The van der Waals surface area contributed by atoms with Gasteiger partial charge in [0.25, 0.3) is 0 Å². The van der Waals surface area contributed by atoms with Crippen LogP contribution in [0.25, 0.3) is 0 Å². The van der Waals surface area contributed by atoms with Gasteiger partial charge >= 0.3 is 0 Å². The van der Waals surface area contributed by atoms with Gasteiger partial charge in [-0.05, 0) is 17.7 Å². The number of hydrogen-bond donors (Lipinski definition) is 1. The molecule has 110 valence electrons. The SMILES string of the molecule is Fc1cccc(F)c1CN1CCNCC1c1ccccc1. The number of piperazine rings is 1. The first kappa shape index (κ1) is 14.2. The first-order chi connectivity index (χ1) is 10.3. The van der Waals surface area contributed by atoms with Crippen molar-refractivity contribution in [2.24, 2.45) is 0 Å². The van der Waals surface area contributed by atoms with Crippen molar-refractivity contribution >= 4 is 0 Å². The lowest BCUT2D eigenvalue weighted by Crippen LogP contribution is -2.45. The molecule has 0 saturated carbocycles. The molecule has 1 unspecified atom stereocenters. The van der Waals surface area contributed by atoms with Crippen molar-refractivity contribution in [3.05, 3.63) is 71.3 Å². The fraction of sp³-hybridized carbons (Fsp3) is 0.294. The molecule has 0 bridgehead atoms. The standard InChI is InChI=1S/C17H18F2N2/c18-15-7-4-8-16(19)14(15)12-21-10-9-20-11-17(21)13-5-2-1-3-6-13/h1-8,17,20H,9-12H2. The summed E-state index contributed by atoms with van der Waals surface area (Å²) in [7, 11) is 0. The summed E-state index contributed by atoms with van der Waals surface area (Å²) >= 11 is 0. The largest absolute Gasteiger partial charge is 0.314 e. The van der Waals surface area contributed by atoms with Crippen LogP contribution in [-0.4, -0.2) is 24.5 Å². The van der Waals surface area contributed by atoms with Crippen LogP contribution in [0.1, 0.15) is 17.2 Å². The highest BCUT2D eigenvalue weighted by Crippen LogP contribution is 2.25. The average Bonchev–Trinajstić information content (AvgIpc) is 2.52. The normalized spacial score (nSPS) is 19.6. The molecule has 2 aromatic carbocycles. The molecule has 0 radical (unpaired) electrons. The average molecular weight is 288 g/mol. The Morgan fingerprint density at radius 3 is 2.43 bits per heavy atom. The van der Waals surface area contributed by atoms with Gasteiger partial charge in [0.2, 0.25) is 0 Å². The third kappa shape index (κ3) is 3.12. The molecule has 1 aliphatic rings. The first-order valence-electron chi connectivity index (χ1n) is 7.18. The maximum absolute atomic E-state index is 13.9. The fourth-order valence-corrected chi connectivity index (χ4v) is 2.83. The Morgan fingerprint density at radius 1 is 1.00 bits per heavy atom. The molecule has 0 spiro atoms. The third-order valence-corrected chi connectivity index (χ3v) is 3.96. The van der Waals surface area contributed by atoms with Crippen molar-refractivity contribution in [1.29, 1.82) is 0 Å². The minimum atomic E-state index is -0.472. The van der Waals surface area contributed by atoms with Crippen LogP contribution in [0.5, 0.6) is 0 Å². The van der Waals surface area contributed by atoms with Crippen LogP contribution in [0.15, 0.2) is 48.5 Å². The lowest BCUT2D eigenvalue weighted by Gasteiger charge is -2.36. The Kier molecular flexibility index (Phi) is 4.27. The molecule has 1 saturated heterocycles. The molecular weight excluding hydrogens is 270 g/mol. The van der Waals surface area contributed by atoms with Gasteiger partial charge in [0.15, 0.2) is 0 Å². The van der Waals surface area contributed by atoms with Gasteiger partial charge in [-0.3, -0.25) is 4.90 Å². The summed E-state index contributed by atoms with van der Waals surface area (Å²) in [6.45, 7) is 2.69. The third-order valence-electron chi connectivity index (χ3n) is 3.96. The zero-order valence-electron chi connectivity index (χ0n) is 11.7. The molecule has 1 heterocycles. The molecule has 4 heteroatoms. The van der Waals surface area contributed by atoms with Crippen LogP contribution in [0.3, 0.4) is 0 Å². The number of halogens is 2. The number of benzene rings is 2. The van der Waals surface area contributed by atoms with Crippen molar-refractivity contribution in [3.8, 4) is 0 Å². The molecule has 0 amide bonds. The number of nitrogens with one attached hydrogen (secondary N) is 1. The zero-order chi connectivity index (χ0) is 14.7. The van der Waals surface area contributed by atoms with Crippen LogP contribution in [0.4, 0.5) is 8.78 Å². The van der Waals surface area contributed by atoms with Crippen molar-refractivity contribution < 1.29 is 8.78 Å². The number of hydrogen-bond acceptors (Lipinski definition) is 2. The van der Waals surface area contributed by atoms with Crippen LogP contribution in [0.2, 0.25) is 0 Å². The monoisotopic (exact) mass is 288 g/mol. The number of nitrogens with zero attached hydrogens (tertiary/aromatic N) is 1. The molecule has 2 nitrogen and oxygen atoms in total. The fourth-order valence-electron chi connectivity index (χ4n) is 2.83. The van der Waals surface area contributed by atoms with E-state index in [-0.39, 0.29) is 11.6 Å². The van der Waals surface area contributed by atoms with Gasteiger partial charge < -0.3 is 5.32 Å². The summed E-state index contributed by atoms with van der Waals surface area (Å²) in [5, 5.41) is 3.35. The van der Waals surface area contributed by atoms with Gasteiger partial charge in [-0.2, -0.15) is 0 Å². The molecule has 0 aromatic heterocycles. The van der Waals surface area contributed by atoms with E-state index >= 15 is 0 Å². The summed E-state index contributed by atoms with van der Waals surface area (Å²) in [4.78, 5) is 2.13. The van der Waals surface area contributed by atoms with E-state index in [0.717, 1.165) is 19.6 Å². The second-order valence-electron chi connectivity index (χ2n) is 5.30. The highest BCUT2D eigenvalue weighted by Gasteiger charge is 2.25. The summed E-state index contributed by atoms with van der Waals surface area (Å²) < 4.78 is 27.7. The van der Waals surface area contributed by atoms with E-state index in [4.69, 9.17) is 0 Å². The zero-order valence-corrected chi connectivity index (χ0v) is 11.7. The van der Waals surface area contributed by atoms with Crippen LogP contribution in [0, 0.1) is 11.6 Å². The van der Waals surface area contributed by atoms with Crippen molar-refractivity contribution in [1.82, 2.24) is 10.2 Å². The predicted molar refractivity (Wildman–Crippen MR) is 78.8 cm³/mol. The second kappa shape index (κ2) is 6.33. The van der Waals surface area contributed by atoms with E-state index in [2.05, 4.69) is 22.3 Å². The Morgan fingerprint density at radius 2 is 1.71 bits per heavy atom. The molecule has 1 N–H and O–H groups in total. The Bertz CT molecular complexity index is 581. The minimum absolute atomic E-state index is 0.138.